The van der Waals surface area contributed by atoms with E-state index in [0.717, 1.165) is 30.8 Å². The zero-order chi connectivity index (χ0) is 18.6. The number of aryl methyl sites for hydroxylation is 1. The van der Waals surface area contributed by atoms with Crippen LogP contribution in [-0.2, 0) is 17.7 Å². The lowest BCUT2D eigenvalue weighted by molar-refractivity contribution is -0.00351. The fourth-order valence-corrected chi connectivity index (χ4v) is 3.65. The van der Waals surface area contributed by atoms with Crippen LogP contribution in [0.5, 0.6) is 5.75 Å². The molecule has 2 heterocycles. The Morgan fingerprint density at radius 3 is 2.78 bits per heavy atom. The molecule has 1 atom stereocenters. The molecule has 2 aliphatic rings. The van der Waals surface area contributed by atoms with Crippen LogP contribution in [-0.4, -0.2) is 43.3 Å². The van der Waals surface area contributed by atoms with Gasteiger partial charge in [-0.2, -0.15) is 0 Å². The van der Waals surface area contributed by atoms with Crippen LogP contribution in [0.15, 0.2) is 42.5 Å². The van der Waals surface area contributed by atoms with Gasteiger partial charge >= 0.3 is 6.03 Å². The first kappa shape index (κ1) is 17.9. The van der Waals surface area contributed by atoms with Gasteiger partial charge in [0, 0.05) is 19.6 Å². The third-order valence-electron chi connectivity index (χ3n) is 5.17. The van der Waals surface area contributed by atoms with E-state index in [1.165, 1.54) is 16.7 Å². The Morgan fingerprint density at radius 1 is 1.15 bits per heavy atom. The number of urea groups is 1. The number of benzene rings is 2. The second-order valence-corrected chi connectivity index (χ2v) is 7.26. The maximum Gasteiger partial charge on any atom is 0.317 e. The number of nitrogens with one attached hydrogen (secondary N) is 1. The average Bonchev–Trinajstić information content (AvgIpc) is 2.72. The van der Waals surface area contributed by atoms with Crippen LogP contribution >= 0.6 is 0 Å². The second kappa shape index (κ2) is 8.01. The monoisotopic (exact) mass is 366 g/mol. The standard InChI is InChI=1S/C22H26N2O3/c1-16-15-24(10-12-26-16)22(25)23-14-17-4-6-18(7-5-17)19-8-9-21-20(13-19)3-2-11-27-21/h4-9,13,16H,2-3,10-12,14-15H2,1H3,(H,23,25). The van der Waals surface area contributed by atoms with Crippen LogP contribution in [0.4, 0.5) is 4.79 Å². The smallest absolute Gasteiger partial charge is 0.317 e. The van der Waals surface area contributed by atoms with Gasteiger partial charge in [-0.1, -0.05) is 30.3 Å². The minimum atomic E-state index is -0.0242. The van der Waals surface area contributed by atoms with Gasteiger partial charge in [0.25, 0.3) is 0 Å². The average molecular weight is 366 g/mol. The first-order valence-corrected chi connectivity index (χ1v) is 9.68. The van der Waals surface area contributed by atoms with Gasteiger partial charge in [-0.05, 0) is 54.2 Å². The number of hydrogen-bond donors (Lipinski definition) is 1. The van der Waals surface area contributed by atoms with Crippen molar-refractivity contribution < 1.29 is 14.3 Å². The third-order valence-corrected chi connectivity index (χ3v) is 5.17. The first-order valence-electron chi connectivity index (χ1n) is 9.68. The molecule has 1 N–H and O–H groups in total. The lowest BCUT2D eigenvalue weighted by atomic mass is 9.98. The summed E-state index contributed by atoms with van der Waals surface area (Å²) in [6.45, 7) is 5.24. The Balaban J connectivity index is 1.37. The number of carbonyl (C=O) groups is 1. The number of carbonyl (C=O) groups excluding carboxylic acids is 1. The van der Waals surface area contributed by atoms with Gasteiger partial charge in [-0.15, -0.1) is 0 Å². The summed E-state index contributed by atoms with van der Waals surface area (Å²) in [4.78, 5) is 14.1. The molecular weight excluding hydrogens is 340 g/mol. The molecule has 5 heteroatoms. The summed E-state index contributed by atoms with van der Waals surface area (Å²) in [7, 11) is 0. The molecule has 2 aliphatic heterocycles. The van der Waals surface area contributed by atoms with Gasteiger partial charge in [0.2, 0.25) is 0 Å². The van der Waals surface area contributed by atoms with Crippen molar-refractivity contribution in [2.45, 2.75) is 32.4 Å². The molecule has 142 valence electrons. The maximum atomic E-state index is 12.3. The molecule has 2 aromatic rings. The van der Waals surface area contributed by atoms with Crippen molar-refractivity contribution in [1.29, 1.82) is 0 Å². The molecule has 0 bridgehead atoms. The van der Waals surface area contributed by atoms with Gasteiger partial charge in [0.05, 0.1) is 19.3 Å². The Morgan fingerprint density at radius 2 is 1.96 bits per heavy atom. The van der Waals surface area contributed by atoms with Crippen molar-refractivity contribution in [2.75, 3.05) is 26.3 Å². The van der Waals surface area contributed by atoms with Crippen LogP contribution in [0.3, 0.4) is 0 Å². The topological polar surface area (TPSA) is 50.8 Å². The van der Waals surface area contributed by atoms with Crippen LogP contribution in [0, 0.1) is 0 Å². The molecule has 0 saturated carbocycles. The van der Waals surface area contributed by atoms with Gasteiger partial charge in [0.15, 0.2) is 0 Å². The number of rotatable bonds is 3. The zero-order valence-corrected chi connectivity index (χ0v) is 15.7. The summed E-state index contributed by atoms with van der Waals surface area (Å²) in [6.07, 6.45) is 2.26. The molecule has 5 nitrogen and oxygen atoms in total. The number of amides is 2. The van der Waals surface area contributed by atoms with E-state index in [2.05, 4.69) is 47.8 Å². The molecule has 0 radical (unpaired) electrons. The highest BCUT2D eigenvalue weighted by atomic mass is 16.5. The predicted octanol–water partition coefficient (Wildman–Crippen LogP) is 3.61. The van der Waals surface area contributed by atoms with Crippen molar-refractivity contribution in [3.63, 3.8) is 0 Å². The van der Waals surface area contributed by atoms with Crippen LogP contribution in [0.25, 0.3) is 11.1 Å². The number of morpholine rings is 1. The molecule has 2 aromatic carbocycles. The molecular formula is C22H26N2O3. The predicted molar refractivity (Wildman–Crippen MR) is 105 cm³/mol. The highest BCUT2D eigenvalue weighted by Crippen LogP contribution is 2.30. The van der Waals surface area contributed by atoms with E-state index in [1.54, 1.807) is 0 Å². The van der Waals surface area contributed by atoms with Crippen LogP contribution in [0.2, 0.25) is 0 Å². The van der Waals surface area contributed by atoms with E-state index in [-0.39, 0.29) is 12.1 Å². The Labute approximate surface area is 160 Å². The zero-order valence-electron chi connectivity index (χ0n) is 15.7. The summed E-state index contributed by atoms with van der Waals surface area (Å²) in [6, 6.07) is 14.8. The van der Waals surface area contributed by atoms with E-state index in [0.29, 0.717) is 26.2 Å². The van der Waals surface area contributed by atoms with E-state index < -0.39 is 0 Å². The van der Waals surface area contributed by atoms with Crippen molar-refractivity contribution in [3.05, 3.63) is 53.6 Å². The SMILES string of the molecule is CC1CN(C(=O)NCc2ccc(-c3ccc4c(c3)CCCO4)cc2)CCO1. The molecule has 1 saturated heterocycles. The lowest BCUT2D eigenvalue weighted by Crippen LogP contribution is -2.48. The quantitative estimate of drug-likeness (QED) is 0.903. The van der Waals surface area contributed by atoms with Crippen LogP contribution < -0.4 is 10.1 Å². The molecule has 4 rings (SSSR count). The summed E-state index contributed by atoms with van der Waals surface area (Å²) in [5.74, 6) is 1.02. The second-order valence-electron chi connectivity index (χ2n) is 7.26. The molecule has 2 amide bonds. The lowest BCUT2D eigenvalue weighted by Gasteiger charge is -2.31. The van der Waals surface area contributed by atoms with Gasteiger partial charge in [-0.3, -0.25) is 0 Å². The summed E-state index contributed by atoms with van der Waals surface area (Å²) in [5, 5.41) is 3.00. The third kappa shape index (κ3) is 4.25. The Bertz CT molecular complexity index is 804. The van der Waals surface area contributed by atoms with E-state index in [9.17, 15) is 4.79 Å². The molecule has 1 fully saturated rings. The van der Waals surface area contributed by atoms with Crippen molar-refractivity contribution >= 4 is 6.03 Å². The molecule has 1 unspecified atom stereocenters. The summed E-state index contributed by atoms with van der Waals surface area (Å²) in [5.41, 5.74) is 4.77. The Kier molecular flexibility index (Phi) is 5.30. The first-order chi connectivity index (χ1) is 13.2. The number of nitrogens with zero attached hydrogens (tertiary/aromatic N) is 1. The van der Waals surface area contributed by atoms with E-state index in [4.69, 9.17) is 9.47 Å². The van der Waals surface area contributed by atoms with Crippen molar-refractivity contribution in [1.82, 2.24) is 10.2 Å². The van der Waals surface area contributed by atoms with Gasteiger partial charge in [-0.25, -0.2) is 4.79 Å². The highest BCUT2D eigenvalue weighted by Gasteiger charge is 2.20. The van der Waals surface area contributed by atoms with Crippen molar-refractivity contribution in [3.8, 4) is 16.9 Å². The van der Waals surface area contributed by atoms with Gasteiger partial charge < -0.3 is 19.7 Å². The van der Waals surface area contributed by atoms with Crippen molar-refractivity contribution in [2.24, 2.45) is 0 Å². The summed E-state index contributed by atoms with van der Waals surface area (Å²) >= 11 is 0. The minimum Gasteiger partial charge on any atom is -0.493 e. The van der Waals surface area contributed by atoms with E-state index >= 15 is 0 Å². The molecule has 0 aromatic heterocycles. The number of fused-ring (bicyclic) bond motifs is 1. The maximum absolute atomic E-state index is 12.3. The fourth-order valence-electron chi connectivity index (χ4n) is 3.65. The molecule has 0 spiro atoms. The summed E-state index contributed by atoms with van der Waals surface area (Å²) < 4.78 is 11.2. The highest BCUT2D eigenvalue weighted by molar-refractivity contribution is 5.74. The normalized spacial score (nSPS) is 19.1. The number of ether oxygens (including phenoxy) is 2. The molecule has 27 heavy (non-hydrogen) atoms. The Hall–Kier alpha value is -2.53. The van der Waals surface area contributed by atoms with Crippen LogP contribution in [0.1, 0.15) is 24.5 Å². The minimum absolute atomic E-state index is 0.0242. The fraction of sp³-hybridized carbons (Fsp3) is 0.409. The largest absolute Gasteiger partial charge is 0.493 e. The van der Waals surface area contributed by atoms with E-state index in [1.807, 2.05) is 11.8 Å². The van der Waals surface area contributed by atoms with Gasteiger partial charge in [0.1, 0.15) is 5.75 Å². The molecule has 0 aliphatic carbocycles. The number of hydrogen-bond acceptors (Lipinski definition) is 3.